The zero-order chi connectivity index (χ0) is 13.1. The van der Waals surface area contributed by atoms with Crippen LogP contribution in [0, 0.1) is 0 Å². The van der Waals surface area contributed by atoms with Crippen LogP contribution in [0.4, 0.5) is 0 Å². The maximum absolute atomic E-state index is 5.28. The van der Waals surface area contributed by atoms with Gasteiger partial charge in [-0.15, -0.1) is 0 Å². The largest absolute Gasteiger partial charge is 0.481 e. The average molecular weight is 258 g/mol. The van der Waals surface area contributed by atoms with Gasteiger partial charge in [0.25, 0.3) is 0 Å². The molecule has 100 valence electrons. The molecule has 0 bridgehead atoms. The molecule has 1 saturated carbocycles. The first-order chi connectivity index (χ1) is 9.36. The Hall–Kier alpha value is -1.88. The third-order valence-electron chi connectivity index (χ3n) is 3.31. The van der Waals surface area contributed by atoms with Crippen molar-refractivity contribution < 1.29 is 4.74 Å². The van der Waals surface area contributed by atoms with E-state index < -0.39 is 0 Å². The highest BCUT2D eigenvalue weighted by atomic mass is 16.5. The Labute approximate surface area is 112 Å². The molecule has 0 unspecified atom stereocenters. The first-order valence-corrected chi connectivity index (χ1v) is 6.58. The molecule has 2 aromatic heterocycles. The summed E-state index contributed by atoms with van der Waals surface area (Å²) in [7, 11) is 1.65. The zero-order valence-corrected chi connectivity index (χ0v) is 11.0. The summed E-state index contributed by atoms with van der Waals surface area (Å²) in [5.74, 6) is 1.73. The second-order valence-electron chi connectivity index (χ2n) is 4.80. The minimum atomic E-state index is 0.678. The molecule has 0 aromatic carbocycles. The van der Waals surface area contributed by atoms with Crippen molar-refractivity contribution in [2.75, 3.05) is 7.11 Å². The molecule has 1 fully saturated rings. The van der Waals surface area contributed by atoms with Crippen LogP contribution >= 0.6 is 0 Å². The van der Waals surface area contributed by atoms with Gasteiger partial charge in [0.2, 0.25) is 5.88 Å². The molecule has 2 heterocycles. The Morgan fingerprint density at radius 2 is 2.26 bits per heavy atom. The maximum Gasteiger partial charge on any atom is 0.218 e. The normalized spacial score (nSPS) is 14.6. The van der Waals surface area contributed by atoms with E-state index in [0.29, 0.717) is 11.9 Å². The predicted octanol–water partition coefficient (Wildman–Crippen LogP) is 1.59. The number of imidazole rings is 1. The SMILES string of the molecule is COc1ncccc1Cn1ccnc1CNC1CC1. The number of aromatic nitrogens is 3. The number of hydrogen-bond acceptors (Lipinski definition) is 4. The second kappa shape index (κ2) is 5.40. The van der Waals surface area contributed by atoms with E-state index in [-0.39, 0.29) is 0 Å². The highest BCUT2D eigenvalue weighted by molar-refractivity contribution is 5.25. The minimum absolute atomic E-state index is 0.678. The van der Waals surface area contributed by atoms with Crippen LogP contribution in [-0.4, -0.2) is 27.7 Å². The van der Waals surface area contributed by atoms with E-state index in [1.165, 1.54) is 12.8 Å². The van der Waals surface area contributed by atoms with Gasteiger partial charge < -0.3 is 14.6 Å². The number of rotatable bonds is 6. The summed E-state index contributed by atoms with van der Waals surface area (Å²) in [5.41, 5.74) is 1.07. The summed E-state index contributed by atoms with van der Waals surface area (Å²) in [5, 5.41) is 3.48. The van der Waals surface area contributed by atoms with E-state index in [0.717, 1.165) is 24.5 Å². The van der Waals surface area contributed by atoms with Crippen molar-refractivity contribution in [3.8, 4) is 5.88 Å². The third kappa shape index (κ3) is 2.93. The minimum Gasteiger partial charge on any atom is -0.481 e. The highest BCUT2D eigenvalue weighted by Gasteiger charge is 2.20. The van der Waals surface area contributed by atoms with Gasteiger partial charge in [-0.05, 0) is 18.9 Å². The van der Waals surface area contributed by atoms with Crippen molar-refractivity contribution in [2.45, 2.75) is 32.0 Å². The molecule has 5 heteroatoms. The third-order valence-corrected chi connectivity index (χ3v) is 3.31. The number of ether oxygens (including phenoxy) is 1. The molecule has 0 spiro atoms. The first kappa shape index (κ1) is 12.2. The van der Waals surface area contributed by atoms with Gasteiger partial charge in [0.1, 0.15) is 5.82 Å². The molecule has 5 nitrogen and oxygen atoms in total. The topological polar surface area (TPSA) is 52.0 Å². The first-order valence-electron chi connectivity index (χ1n) is 6.58. The van der Waals surface area contributed by atoms with E-state index in [1.54, 1.807) is 13.3 Å². The van der Waals surface area contributed by atoms with Crippen LogP contribution < -0.4 is 10.1 Å². The van der Waals surface area contributed by atoms with Crippen molar-refractivity contribution >= 4 is 0 Å². The van der Waals surface area contributed by atoms with Crippen LogP contribution in [0.2, 0.25) is 0 Å². The monoisotopic (exact) mass is 258 g/mol. The van der Waals surface area contributed by atoms with Gasteiger partial charge in [-0.1, -0.05) is 6.07 Å². The fourth-order valence-electron chi connectivity index (χ4n) is 2.09. The van der Waals surface area contributed by atoms with Crippen molar-refractivity contribution in [3.05, 3.63) is 42.1 Å². The fraction of sp³-hybridized carbons (Fsp3) is 0.429. The Bertz CT molecular complexity index is 548. The fourth-order valence-corrected chi connectivity index (χ4v) is 2.09. The summed E-state index contributed by atoms with van der Waals surface area (Å²) in [6.07, 6.45) is 8.16. The Morgan fingerprint density at radius 3 is 3.05 bits per heavy atom. The van der Waals surface area contributed by atoms with Crippen LogP contribution in [0.15, 0.2) is 30.7 Å². The van der Waals surface area contributed by atoms with E-state index in [2.05, 4.69) is 19.9 Å². The number of methoxy groups -OCH3 is 1. The molecule has 2 aromatic rings. The van der Waals surface area contributed by atoms with Gasteiger partial charge in [-0.25, -0.2) is 9.97 Å². The van der Waals surface area contributed by atoms with Crippen molar-refractivity contribution in [3.63, 3.8) is 0 Å². The number of hydrogen-bond donors (Lipinski definition) is 1. The maximum atomic E-state index is 5.28. The molecular weight excluding hydrogens is 240 g/mol. The molecule has 0 saturated heterocycles. The molecule has 1 N–H and O–H groups in total. The van der Waals surface area contributed by atoms with Crippen LogP contribution in [0.1, 0.15) is 24.2 Å². The van der Waals surface area contributed by atoms with Crippen molar-refractivity contribution in [2.24, 2.45) is 0 Å². The van der Waals surface area contributed by atoms with E-state index in [9.17, 15) is 0 Å². The lowest BCUT2D eigenvalue weighted by Crippen LogP contribution is -2.19. The second-order valence-corrected chi connectivity index (χ2v) is 4.80. The Morgan fingerprint density at radius 1 is 1.37 bits per heavy atom. The Kier molecular flexibility index (Phi) is 3.46. The lowest BCUT2D eigenvalue weighted by atomic mass is 10.2. The van der Waals surface area contributed by atoms with Crippen LogP contribution in [0.3, 0.4) is 0 Å². The Balaban J connectivity index is 1.73. The average Bonchev–Trinajstić information content (AvgIpc) is 3.17. The van der Waals surface area contributed by atoms with Gasteiger partial charge in [0, 0.05) is 30.2 Å². The van der Waals surface area contributed by atoms with Gasteiger partial charge in [0.05, 0.1) is 20.2 Å². The summed E-state index contributed by atoms with van der Waals surface area (Å²) >= 11 is 0. The standard InChI is InChI=1S/C14H18N4O/c1-19-14-11(3-2-6-16-14)10-18-8-7-15-13(18)9-17-12-4-5-12/h2-3,6-8,12,17H,4-5,9-10H2,1H3. The van der Waals surface area contributed by atoms with E-state index in [1.807, 2.05) is 24.5 Å². The van der Waals surface area contributed by atoms with Crippen molar-refractivity contribution in [1.29, 1.82) is 0 Å². The van der Waals surface area contributed by atoms with E-state index in [4.69, 9.17) is 4.74 Å². The molecule has 0 radical (unpaired) electrons. The molecule has 0 amide bonds. The molecule has 0 atom stereocenters. The molecule has 1 aliphatic carbocycles. The molecule has 3 rings (SSSR count). The molecule has 0 aliphatic heterocycles. The molecule has 1 aliphatic rings. The summed E-state index contributed by atoms with van der Waals surface area (Å²) in [6, 6.07) is 4.65. The highest BCUT2D eigenvalue weighted by Crippen LogP contribution is 2.20. The zero-order valence-electron chi connectivity index (χ0n) is 11.0. The summed E-state index contributed by atoms with van der Waals surface area (Å²) in [4.78, 5) is 8.63. The number of nitrogens with zero attached hydrogens (tertiary/aromatic N) is 3. The van der Waals surface area contributed by atoms with Crippen LogP contribution in [0.5, 0.6) is 5.88 Å². The number of nitrogens with one attached hydrogen (secondary N) is 1. The van der Waals surface area contributed by atoms with Gasteiger partial charge >= 0.3 is 0 Å². The van der Waals surface area contributed by atoms with Gasteiger partial charge in [-0.2, -0.15) is 0 Å². The summed E-state index contributed by atoms with van der Waals surface area (Å²) < 4.78 is 7.42. The summed E-state index contributed by atoms with van der Waals surface area (Å²) in [6.45, 7) is 1.55. The van der Waals surface area contributed by atoms with Crippen LogP contribution in [-0.2, 0) is 13.1 Å². The number of pyridine rings is 1. The lowest BCUT2D eigenvalue weighted by molar-refractivity contribution is 0.391. The smallest absolute Gasteiger partial charge is 0.218 e. The molecule has 19 heavy (non-hydrogen) atoms. The van der Waals surface area contributed by atoms with Gasteiger partial charge in [-0.3, -0.25) is 0 Å². The van der Waals surface area contributed by atoms with Crippen molar-refractivity contribution in [1.82, 2.24) is 19.9 Å². The van der Waals surface area contributed by atoms with Gasteiger partial charge in [0.15, 0.2) is 0 Å². The molecular formula is C14H18N4O. The quantitative estimate of drug-likeness (QED) is 0.855. The van der Waals surface area contributed by atoms with Crippen LogP contribution in [0.25, 0.3) is 0 Å². The van der Waals surface area contributed by atoms with E-state index >= 15 is 0 Å². The lowest BCUT2D eigenvalue weighted by Gasteiger charge is -2.10. The predicted molar refractivity (Wildman–Crippen MR) is 72.0 cm³/mol.